The summed E-state index contributed by atoms with van der Waals surface area (Å²) in [5.41, 5.74) is -0.0370. The molecule has 0 aromatic carbocycles. The second kappa shape index (κ2) is 2.05. The van der Waals surface area contributed by atoms with E-state index in [1.807, 2.05) is 0 Å². The highest BCUT2D eigenvalue weighted by Gasteiger charge is 2.27. The third-order valence-electron chi connectivity index (χ3n) is 1.41. The Morgan fingerprint density at radius 3 is 2.57 bits per heavy atom. The lowest BCUT2D eigenvalue weighted by atomic mass is 10.1. The number of hydrogen-bond donors (Lipinski definition) is 1. The van der Waals surface area contributed by atoms with Crippen LogP contribution < -0.4 is 0 Å². The van der Waals surface area contributed by atoms with Crippen LogP contribution in [0.3, 0.4) is 0 Å². The largest absolute Gasteiger partial charge is 0.382 e. The molecule has 1 heterocycles. The molecule has 0 saturated carbocycles. The molecule has 0 radical (unpaired) electrons. The molecule has 1 aliphatic heterocycles. The molecule has 0 spiro atoms. The van der Waals surface area contributed by atoms with Gasteiger partial charge in [0.2, 0.25) is 0 Å². The zero-order valence-corrected chi connectivity index (χ0v) is 5.24. The Kier molecular flexibility index (Phi) is 1.60. The van der Waals surface area contributed by atoms with Gasteiger partial charge in [-0.25, -0.2) is 0 Å². The molecule has 1 saturated heterocycles. The van der Waals surface area contributed by atoms with Crippen LogP contribution in [0.25, 0.3) is 0 Å². The second-order valence-electron chi connectivity index (χ2n) is 1.89. The third kappa shape index (κ3) is 0.916. The summed E-state index contributed by atoms with van der Waals surface area (Å²) in [4.78, 5) is 0. The maximum Gasteiger partial charge on any atom is 0.103 e. The minimum atomic E-state index is -0.0370. The van der Waals surface area contributed by atoms with Gasteiger partial charge in [0, 0.05) is 11.7 Å². The SMILES string of the molecule is CCC1CSC1O. The first-order valence-electron chi connectivity index (χ1n) is 2.64. The quantitative estimate of drug-likeness (QED) is 0.556. The lowest BCUT2D eigenvalue weighted by Gasteiger charge is -2.30. The highest BCUT2D eigenvalue weighted by atomic mass is 32.2. The van der Waals surface area contributed by atoms with E-state index >= 15 is 0 Å². The molecular weight excluding hydrogens is 108 g/mol. The van der Waals surface area contributed by atoms with Crippen molar-refractivity contribution in [3.63, 3.8) is 0 Å². The van der Waals surface area contributed by atoms with Gasteiger partial charge in [0.25, 0.3) is 0 Å². The van der Waals surface area contributed by atoms with E-state index in [2.05, 4.69) is 6.92 Å². The van der Waals surface area contributed by atoms with Crippen molar-refractivity contribution in [2.75, 3.05) is 5.75 Å². The first-order valence-corrected chi connectivity index (χ1v) is 3.69. The van der Waals surface area contributed by atoms with Crippen molar-refractivity contribution in [3.8, 4) is 0 Å². The summed E-state index contributed by atoms with van der Waals surface area (Å²) in [6, 6.07) is 0. The topological polar surface area (TPSA) is 20.2 Å². The fourth-order valence-corrected chi connectivity index (χ4v) is 1.70. The van der Waals surface area contributed by atoms with Crippen molar-refractivity contribution >= 4 is 11.8 Å². The zero-order valence-electron chi connectivity index (χ0n) is 4.42. The van der Waals surface area contributed by atoms with Gasteiger partial charge in [-0.15, -0.1) is 11.8 Å². The Hall–Kier alpha value is 0.310. The van der Waals surface area contributed by atoms with Crippen LogP contribution in [0.15, 0.2) is 0 Å². The fourth-order valence-electron chi connectivity index (χ4n) is 0.638. The van der Waals surface area contributed by atoms with E-state index in [0.29, 0.717) is 5.92 Å². The van der Waals surface area contributed by atoms with Gasteiger partial charge >= 0.3 is 0 Å². The summed E-state index contributed by atoms with van der Waals surface area (Å²) in [6.45, 7) is 2.12. The molecule has 42 valence electrons. The lowest BCUT2D eigenvalue weighted by Crippen LogP contribution is -2.29. The molecule has 0 aromatic heterocycles. The summed E-state index contributed by atoms with van der Waals surface area (Å²) in [6.07, 6.45) is 1.13. The van der Waals surface area contributed by atoms with Crippen LogP contribution in [0.1, 0.15) is 13.3 Å². The Balaban J connectivity index is 2.16. The van der Waals surface area contributed by atoms with Crippen molar-refractivity contribution in [2.45, 2.75) is 18.8 Å². The second-order valence-corrected chi connectivity index (χ2v) is 3.04. The summed E-state index contributed by atoms with van der Waals surface area (Å²) >= 11 is 1.65. The van der Waals surface area contributed by atoms with E-state index in [0.717, 1.165) is 12.2 Å². The third-order valence-corrected chi connectivity index (χ3v) is 2.76. The van der Waals surface area contributed by atoms with Gasteiger partial charge in [-0.3, -0.25) is 0 Å². The first kappa shape index (κ1) is 5.45. The lowest BCUT2D eigenvalue weighted by molar-refractivity contribution is 0.182. The van der Waals surface area contributed by atoms with E-state index in [9.17, 15) is 0 Å². The molecule has 0 aliphatic carbocycles. The van der Waals surface area contributed by atoms with E-state index in [-0.39, 0.29) is 5.44 Å². The Morgan fingerprint density at radius 2 is 2.57 bits per heavy atom. The van der Waals surface area contributed by atoms with Crippen LogP contribution in [0.5, 0.6) is 0 Å². The highest BCUT2D eigenvalue weighted by Crippen LogP contribution is 2.33. The molecule has 1 aliphatic rings. The van der Waals surface area contributed by atoms with E-state index in [1.54, 1.807) is 11.8 Å². The molecule has 0 amide bonds. The van der Waals surface area contributed by atoms with Crippen LogP contribution in [-0.4, -0.2) is 16.3 Å². The Bertz CT molecular complexity index is 63.1. The Labute approximate surface area is 48.1 Å². The monoisotopic (exact) mass is 118 g/mol. The van der Waals surface area contributed by atoms with Gasteiger partial charge in [-0.2, -0.15) is 0 Å². The standard InChI is InChI=1S/C5H10OS/c1-2-4-3-7-5(4)6/h4-6H,2-3H2,1H3. The first-order chi connectivity index (χ1) is 3.34. The van der Waals surface area contributed by atoms with Crippen LogP contribution in [0.2, 0.25) is 0 Å². The average Bonchev–Trinajstić information content (AvgIpc) is 1.65. The summed E-state index contributed by atoms with van der Waals surface area (Å²) in [7, 11) is 0. The number of rotatable bonds is 1. The van der Waals surface area contributed by atoms with Crippen molar-refractivity contribution < 1.29 is 5.11 Å². The predicted molar refractivity (Wildman–Crippen MR) is 32.2 cm³/mol. The number of thioether (sulfide) groups is 1. The molecule has 2 heteroatoms. The molecule has 1 rings (SSSR count). The van der Waals surface area contributed by atoms with Gasteiger partial charge in [0.05, 0.1) is 0 Å². The normalized spacial score (nSPS) is 40.3. The maximum absolute atomic E-state index is 8.87. The molecule has 1 N–H and O–H groups in total. The van der Waals surface area contributed by atoms with Crippen molar-refractivity contribution in [1.29, 1.82) is 0 Å². The van der Waals surface area contributed by atoms with Gasteiger partial charge < -0.3 is 5.11 Å². The summed E-state index contributed by atoms with van der Waals surface area (Å²) < 4.78 is 0. The van der Waals surface area contributed by atoms with E-state index in [1.165, 1.54) is 0 Å². The smallest absolute Gasteiger partial charge is 0.103 e. The molecule has 7 heavy (non-hydrogen) atoms. The fraction of sp³-hybridized carbons (Fsp3) is 1.00. The van der Waals surface area contributed by atoms with Crippen LogP contribution in [-0.2, 0) is 0 Å². The molecular formula is C5H10OS. The van der Waals surface area contributed by atoms with E-state index in [4.69, 9.17) is 5.11 Å². The molecule has 1 fully saturated rings. The number of hydrogen-bond acceptors (Lipinski definition) is 2. The van der Waals surface area contributed by atoms with Crippen molar-refractivity contribution in [2.24, 2.45) is 5.92 Å². The van der Waals surface area contributed by atoms with Gasteiger partial charge in [-0.05, 0) is 6.42 Å². The highest BCUT2D eigenvalue weighted by molar-refractivity contribution is 8.01. The van der Waals surface area contributed by atoms with Gasteiger partial charge in [0.1, 0.15) is 5.44 Å². The van der Waals surface area contributed by atoms with Gasteiger partial charge in [0.15, 0.2) is 0 Å². The van der Waals surface area contributed by atoms with Crippen molar-refractivity contribution in [3.05, 3.63) is 0 Å². The maximum atomic E-state index is 8.87. The van der Waals surface area contributed by atoms with Crippen molar-refractivity contribution in [1.82, 2.24) is 0 Å². The number of aliphatic hydroxyl groups is 1. The Morgan fingerprint density at radius 1 is 1.86 bits per heavy atom. The van der Waals surface area contributed by atoms with Crippen LogP contribution in [0, 0.1) is 5.92 Å². The summed E-state index contributed by atoms with van der Waals surface area (Å²) in [5.74, 6) is 1.77. The molecule has 1 nitrogen and oxygen atoms in total. The zero-order chi connectivity index (χ0) is 5.28. The average molecular weight is 118 g/mol. The summed E-state index contributed by atoms with van der Waals surface area (Å²) in [5, 5.41) is 8.87. The van der Waals surface area contributed by atoms with Gasteiger partial charge in [-0.1, -0.05) is 6.92 Å². The predicted octanol–water partition coefficient (Wildman–Crippen LogP) is 1.08. The minimum Gasteiger partial charge on any atom is -0.382 e. The molecule has 2 unspecified atom stereocenters. The molecule has 0 aromatic rings. The number of aliphatic hydroxyl groups excluding tert-OH is 1. The minimum absolute atomic E-state index is 0.0370. The van der Waals surface area contributed by atoms with Crippen LogP contribution >= 0.6 is 11.8 Å². The molecule has 2 atom stereocenters. The van der Waals surface area contributed by atoms with E-state index < -0.39 is 0 Å². The van der Waals surface area contributed by atoms with Crippen LogP contribution in [0.4, 0.5) is 0 Å². The molecule has 0 bridgehead atoms.